The Kier molecular flexibility index (Phi) is 4.50. The van der Waals surface area contributed by atoms with E-state index in [9.17, 15) is 4.79 Å². The molecule has 0 aliphatic rings. The fraction of sp³-hybridized carbons (Fsp3) is 0.625. The minimum atomic E-state index is -0.897. The van der Waals surface area contributed by atoms with Crippen LogP contribution in [-0.2, 0) is 4.79 Å². The van der Waals surface area contributed by atoms with Gasteiger partial charge in [0.15, 0.2) is 0 Å². The van der Waals surface area contributed by atoms with Crippen molar-refractivity contribution in [3.05, 3.63) is 6.92 Å². The lowest BCUT2D eigenvalue weighted by Crippen LogP contribution is -2.21. The van der Waals surface area contributed by atoms with Crippen LogP contribution in [0.25, 0.3) is 0 Å². The van der Waals surface area contributed by atoms with Crippen LogP contribution in [-0.4, -0.2) is 16.8 Å². The fourth-order valence-corrected chi connectivity index (χ4v) is 0.935. The van der Waals surface area contributed by atoms with Crippen molar-refractivity contribution in [2.24, 2.45) is 5.92 Å². The molecule has 0 aromatic carbocycles. The molecule has 2 N–H and O–H groups in total. The number of nitrogens with one attached hydrogen (secondary N) is 1. The van der Waals surface area contributed by atoms with Crippen LogP contribution >= 0.6 is 0 Å². The Bertz CT molecular complexity index is 154. The second-order valence-corrected chi connectivity index (χ2v) is 2.43. The molecule has 0 saturated carbocycles. The van der Waals surface area contributed by atoms with Crippen LogP contribution < -0.4 is 0 Å². The van der Waals surface area contributed by atoms with Crippen LogP contribution in [0.2, 0.25) is 0 Å². The molecule has 63 valence electrons. The average molecular weight is 156 g/mol. The Morgan fingerprint density at radius 3 is 2.55 bits per heavy atom. The van der Waals surface area contributed by atoms with E-state index in [0.717, 1.165) is 0 Å². The highest BCUT2D eigenvalue weighted by Crippen LogP contribution is 2.08. The fourth-order valence-electron chi connectivity index (χ4n) is 0.935. The van der Waals surface area contributed by atoms with E-state index in [-0.39, 0.29) is 5.71 Å². The summed E-state index contributed by atoms with van der Waals surface area (Å²) in [7, 11) is 0. The summed E-state index contributed by atoms with van der Waals surface area (Å²) in [4.78, 5) is 10.5. The van der Waals surface area contributed by atoms with E-state index in [4.69, 9.17) is 10.5 Å². The van der Waals surface area contributed by atoms with Gasteiger partial charge in [0.05, 0.1) is 5.92 Å². The summed E-state index contributed by atoms with van der Waals surface area (Å²) in [6.45, 7) is 5.34. The molecule has 0 saturated heterocycles. The van der Waals surface area contributed by atoms with Gasteiger partial charge in [-0.25, -0.2) is 0 Å². The van der Waals surface area contributed by atoms with Gasteiger partial charge in [-0.15, -0.1) is 0 Å². The summed E-state index contributed by atoms with van der Waals surface area (Å²) < 4.78 is 0. The number of carbonyl (C=O) groups is 1. The topological polar surface area (TPSA) is 61.2 Å². The van der Waals surface area contributed by atoms with Gasteiger partial charge in [-0.3, -0.25) is 4.79 Å². The summed E-state index contributed by atoms with van der Waals surface area (Å²) in [5, 5.41) is 16.0. The van der Waals surface area contributed by atoms with E-state index in [1.807, 2.05) is 0 Å². The normalized spacial score (nSPS) is 12.5. The molecule has 0 bridgehead atoms. The van der Waals surface area contributed by atoms with Gasteiger partial charge >= 0.3 is 5.97 Å². The summed E-state index contributed by atoms with van der Waals surface area (Å²) in [5.74, 6) is -1.50. The third kappa shape index (κ3) is 3.16. The van der Waals surface area contributed by atoms with E-state index >= 15 is 0 Å². The van der Waals surface area contributed by atoms with Crippen molar-refractivity contribution in [1.29, 1.82) is 5.41 Å². The zero-order valence-electron chi connectivity index (χ0n) is 6.76. The highest BCUT2D eigenvalue weighted by atomic mass is 16.4. The van der Waals surface area contributed by atoms with Crippen molar-refractivity contribution < 1.29 is 9.90 Å². The standard InChI is InChI=1S/C8H14NO2/c1-3-5-7(9)6(4-2)8(10)11/h6,9H,1,3-5H2,2H3,(H,10,11). The van der Waals surface area contributed by atoms with Gasteiger partial charge in [0.2, 0.25) is 0 Å². The predicted octanol–water partition coefficient (Wildman–Crippen LogP) is 1.73. The van der Waals surface area contributed by atoms with Crippen LogP contribution in [0.5, 0.6) is 0 Å². The third-order valence-electron chi connectivity index (χ3n) is 1.57. The second-order valence-electron chi connectivity index (χ2n) is 2.43. The smallest absolute Gasteiger partial charge is 0.312 e. The Labute approximate surface area is 66.9 Å². The summed E-state index contributed by atoms with van der Waals surface area (Å²) in [5.41, 5.74) is 0.287. The minimum Gasteiger partial charge on any atom is -0.481 e. The van der Waals surface area contributed by atoms with Gasteiger partial charge in [-0.2, -0.15) is 0 Å². The van der Waals surface area contributed by atoms with Crippen LogP contribution in [0.15, 0.2) is 0 Å². The molecule has 3 heteroatoms. The first-order valence-corrected chi connectivity index (χ1v) is 3.72. The maximum absolute atomic E-state index is 10.5. The molecule has 0 aliphatic heterocycles. The van der Waals surface area contributed by atoms with Crippen molar-refractivity contribution in [3.8, 4) is 0 Å². The molecule has 0 fully saturated rings. The molecule has 1 radical (unpaired) electrons. The van der Waals surface area contributed by atoms with E-state index in [0.29, 0.717) is 19.3 Å². The lowest BCUT2D eigenvalue weighted by molar-refractivity contribution is -0.139. The molecule has 0 spiro atoms. The van der Waals surface area contributed by atoms with Crippen LogP contribution in [0, 0.1) is 18.3 Å². The van der Waals surface area contributed by atoms with Crippen molar-refractivity contribution in [2.45, 2.75) is 26.2 Å². The van der Waals surface area contributed by atoms with Gasteiger partial charge in [-0.05, 0) is 19.3 Å². The maximum Gasteiger partial charge on any atom is 0.312 e. The van der Waals surface area contributed by atoms with E-state index in [1.165, 1.54) is 0 Å². The number of aliphatic carboxylic acids is 1. The lowest BCUT2D eigenvalue weighted by atomic mass is 9.97. The second kappa shape index (κ2) is 4.88. The highest BCUT2D eigenvalue weighted by molar-refractivity contribution is 5.99. The van der Waals surface area contributed by atoms with E-state index < -0.39 is 11.9 Å². The molecule has 3 nitrogen and oxygen atoms in total. The van der Waals surface area contributed by atoms with Crippen molar-refractivity contribution in [3.63, 3.8) is 0 Å². The molecular weight excluding hydrogens is 142 g/mol. The lowest BCUT2D eigenvalue weighted by Gasteiger charge is -2.09. The molecular formula is C8H14NO2. The van der Waals surface area contributed by atoms with Gasteiger partial charge in [0.25, 0.3) is 0 Å². The van der Waals surface area contributed by atoms with Gasteiger partial charge in [0.1, 0.15) is 0 Å². The molecule has 0 aromatic rings. The Hall–Kier alpha value is -0.860. The summed E-state index contributed by atoms with van der Waals surface area (Å²) in [6.07, 6.45) is 1.58. The van der Waals surface area contributed by atoms with Crippen molar-refractivity contribution in [2.75, 3.05) is 0 Å². The minimum absolute atomic E-state index is 0.287. The molecule has 0 heterocycles. The molecule has 1 atom stereocenters. The maximum atomic E-state index is 10.5. The van der Waals surface area contributed by atoms with Gasteiger partial charge < -0.3 is 10.5 Å². The number of rotatable bonds is 5. The number of carboxylic acids is 1. The van der Waals surface area contributed by atoms with Crippen LogP contribution in [0.1, 0.15) is 26.2 Å². The average Bonchev–Trinajstić information content (AvgIpc) is 1.88. The zero-order chi connectivity index (χ0) is 8.85. The molecule has 0 amide bonds. The van der Waals surface area contributed by atoms with Gasteiger partial charge in [-0.1, -0.05) is 13.8 Å². The summed E-state index contributed by atoms with van der Waals surface area (Å²) in [6, 6.07) is 0. The summed E-state index contributed by atoms with van der Waals surface area (Å²) >= 11 is 0. The quantitative estimate of drug-likeness (QED) is 0.595. The molecule has 0 rings (SSSR count). The SMILES string of the molecule is [CH2]CCC(=N)C(CC)C(=O)O. The molecule has 1 unspecified atom stereocenters. The number of carboxylic acid groups (broad SMARTS) is 1. The third-order valence-corrected chi connectivity index (χ3v) is 1.57. The van der Waals surface area contributed by atoms with Crippen LogP contribution in [0.4, 0.5) is 0 Å². The Morgan fingerprint density at radius 1 is 1.73 bits per heavy atom. The predicted molar refractivity (Wildman–Crippen MR) is 43.7 cm³/mol. The van der Waals surface area contributed by atoms with E-state index in [2.05, 4.69) is 6.92 Å². The first kappa shape index (κ1) is 10.1. The largest absolute Gasteiger partial charge is 0.481 e. The van der Waals surface area contributed by atoms with Crippen molar-refractivity contribution >= 4 is 11.7 Å². The molecule has 0 aliphatic carbocycles. The Morgan fingerprint density at radius 2 is 2.27 bits per heavy atom. The molecule has 0 aromatic heterocycles. The van der Waals surface area contributed by atoms with E-state index in [1.54, 1.807) is 6.92 Å². The zero-order valence-corrected chi connectivity index (χ0v) is 6.76. The monoisotopic (exact) mass is 156 g/mol. The Balaban J connectivity index is 4.03. The van der Waals surface area contributed by atoms with Crippen LogP contribution in [0.3, 0.4) is 0 Å². The van der Waals surface area contributed by atoms with Gasteiger partial charge in [0, 0.05) is 5.71 Å². The van der Waals surface area contributed by atoms with Crippen molar-refractivity contribution in [1.82, 2.24) is 0 Å². The molecule has 11 heavy (non-hydrogen) atoms. The highest BCUT2D eigenvalue weighted by Gasteiger charge is 2.18. The number of hydrogen-bond acceptors (Lipinski definition) is 2. The first-order valence-electron chi connectivity index (χ1n) is 3.72. The first-order chi connectivity index (χ1) is 5.13. The number of hydrogen-bond donors (Lipinski definition) is 2.